The van der Waals surface area contributed by atoms with E-state index >= 15 is 0 Å². The maximum Gasteiger partial charge on any atom is 0.252 e. The molecule has 2 heterocycles. The van der Waals surface area contributed by atoms with Crippen LogP contribution >= 0.6 is 0 Å². The Morgan fingerprint density at radius 1 is 1.50 bits per heavy atom. The normalized spacial score (nSPS) is 13.6. The molecule has 0 bridgehead atoms. The van der Waals surface area contributed by atoms with E-state index in [0.29, 0.717) is 5.78 Å². The van der Waals surface area contributed by atoms with Gasteiger partial charge in [-0.2, -0.15) is 4.98 Å². The summed E-state index contributed by atoms with van der Waals surface area (Å²) in [7, 11) is 0. The standard InChI is InChI=1S/C10H15N5O/c1-6(2)9-13-10-12-3-7(8(11)5-16)4-15(10)14-9/h3-4,6,8,16H,5,11H2,1-2H3. The van der Waals surface area contributed by atoms with Crippen LogP contribution in [0.1, 0.15) is 37.2 Å². The van der Waals surface area contributed by atoms with Gasteiger partial charge < -0.3 is 10.8 Å². The van der Waals surface area contributed by atoms with Gasteiger partial charge in [-0.3, -0.25) is 0 Å². The van der Waals surface area contributed by atoms with E-state index in [4.69, 9.17) is 10.8 Å². The highest BCUT2D eigenvalue weighted by atomic mass is 16.3. The van der Waals surface area contributed by atoms with E-state index < -0.39 is 6.04 Å². The van der Waals surface area contributed by atoms with Crippen LogP contribution in [0.2, 0.25) is 0 Å². The number of rotatable bonds is 3. The Kier molecular flexibility index (Phi) is 2.84. The Morgan fingerprint density at radius 3 is 2.88 bits per heavy atom. The van der Waals surface area contributed by atoms with Crippen LogP contribution < -0.4 is 5.73 Å². The third-order valence-corrected chi connectivity index (χ3v) is 2.37. The number of nitrogens with two attached hydrogens (primary N) is 1. The van der Waals surface area contributed by atoms with Gasteiger partial charge in [-0.1, -0.05) is 13.8 Å². The fourth-order valence-electron chi connectivity index (χ4n) is 1.35. The van der Waals surface area contributed by atoms with E-state index in [9.17, 15) is 0 Å². The Labute approximate surface area is 93.1 Å². The number of hydrogen-bond acceptors (Lipinski definition) is 5. The van der Waals surface area contributed by atoms with E-state index in [2.05, 4.69) is 15.1 Å². The molecule has 1 unspecified atom stereocenters. The van der Waals surface area contributed by atoms with Crippen molar-refractivity contribution in [2.24, 2.45) is 5.73 Å². The third kappa shape index (κ3) is 1.89. The van der Waals surface area contributed by atoms with Gasteiger partial charge >= 0.3 is 0 Å². The van der Waals surface area contributed by atoms with Gasteiger partial charge in [-0.15, -0.1) is 5.10 Å². The first-order valence-corrected chi connectivity index (χ1v) is 5.20. The van der Waals surface area contributed by atoms with Crippen LogP contribution in [-0.2, 0) is 0 Å². The fourth-order valence-corrected chi connectivity index (χ4v) is 1.35. The van der Waals surface area contributed by atoms with E-state index in [1.807, 2.05) is 13.8 Å². The Morgan fingerprint density at radius 2 is 2.25 bits per heavy atom. The predicted molar refractivity (Wildman–Crippen MR) is 58.9 cm³/mol. The number of aliphatic hydroxyl groups excluding tert-OH is 1. The van der Waals surface area contributed by atoms with Crippen molar-refractivity contribution in [3.63, 3.8) is 0 Å². The van der Waals surface area contributed by atoms with Crippen molar-refractivity contribution in [2.75, 3.05) is 6.61 Å². The number of aromatic nitrogens is 4. The molecule has 2 aromatic rings. The lowest BCUT2D eigenvalue weighted by Gasteiger charge is -2.06. The molecule has 0 spiro atoms. The Bertz CT molecular complexity index is 493. The fraction of sp³-hybridized carbons (Fsp3) is 0.500. The van der Waals surface area contributed by atoms with Gasteiger partial charge in [0.25, 0.3) is 5.78 Å². The molecule has 0 radical (unpaired) electrons. The molecule has 0 saturated heterocycles. The summed E-state index contributed by atoms with van der Waals surface area (Å²) in [6, 6.07) is -0.427. The highest BCUT2D eigenvalue weighted by Crippen LogP contribution is 2.12. The second-order valence-electron chi connectivity index (χ2n) is 4.05. The lowest BCUT2D eigenvalue weighted by molar-refractivity contribution is 0.267. The summed E-state index contributed by atoms with van der Waals surface area (Å²) in [5.41, 5.74) is 6.45. The molecule has 3 N–H and O–H groups in total. The zero-order chi connectivity index (χ0) is 11.7. The van der Waals surface area contributed by atoms with Crippen molar-refractivity contribution in [1.29, 1.82) is 0 Å². The maximum atomic E-state index is 8.96. The van der Waals surface area contributed by atoms with Crippen LogP contribution in [0.25, 0.3) is 5.78 Å². The van der Waals surface area contributed by atoms with Crippen LogP contribution in [-0.4, -0.2) is 31.3 Å². The maximum absolute atomic E-state index is 8.96. The van der Waals surface area contributed by atoms with E-state index in [0.717, 1.165) is 11.4 Å². The molecule has 0 amide bonds. The predicted octanol–water partition coefficient (Wildman–Crippen LogP) is 0.240. The Hall–Kier alpha value is -1.53. The summed E-state index contributed by atoms with van der Waals surface area (Å²) in [6.07, 6.45) is 3.37. The molecule has 1 atom stereocenters. The zero-order valence-corrected chi connectivity index (χ0v) is 9.33. The number of aliphatic hydroxyl groups is 1. The summed E-state index contributed by atoms with van der Waals surface area (Å²) in [6.45, 7) is 3.93. The summed E-state index contributed by atoms with van der Waals surface area (Å²) < 4.78 is 1.60. The second-order valence-corrected chi connectivity index (χ2v) is 4.05. The molecular weight excluding hydrogens is 206 g/mol. The molecule has 0 aliphatic rings. The molecule has 0 aromatic carbocycles. The molecular formula is C10H15N5O. The van der Waals surface area contributed by atoms with Crippen LogP contribution in [0, 0.1) is 0 Å². The minimum absolute atomic E-state index is 0.112. The monoisotopic (exact) mass is 221 g/mol. The summed E-state index contributed by atoms with van der Waals surface area (Å²) in [5.74, 6) is 1.57. The summed E-state index contributed by atoms with van der Waals surface area (Å²) in [5, 5.41) is 13.3. The summed E-state index contributed by atoms with van der Waals surface area (Å²) >= 11 is 0. The zero-order valence-electron chi connectivity index (χ0n) is 9.33. The molecule has 2 rings (SSSR count). The van der Waals surface area contributed by atoms with Crippen molar-refractivity contribution >= 4 is 5.78 Å². The average molecular weight is 221 g/mol. The first-order chi connectivity index (χ1) is 7.61. The van der Waals surface area contributed by atoms with Gasteiger partial charge in [0.2, 0.25) is 0 Å². The number of nitrogens with zero attached hydrogens (tertiary/aromatic N) is 4. The van der Waals surface area contributed by atoms with Gasteiger partial charge in [0.05, 0.1) is 12.6 Å². The smallest absolute Gasteiger partial charge is 0.252 e. The molecule has 0 fully saturated rings. The van der Waals surface area contributed by atoms with Gasteiger partial charge in [0.15, 0.2) is 5.82 Å². The van der Waals surface area contributed by atoms with Crippen molar-refractivity contribution in [3.05, 3.63) is 23.8 Å². The highest BCUT2D eigenvalue weighted by molar-refractivity contribution is 5.29. The minimum atomic E-state index is -0.427. The van der Waals surface area contributed by atoms with Crippen LogP contribution in [0.3, 0.4) is 0 Å². The first-order valence-electron chi connectivity index (χ1n) is 5.20. The molecule has 0 aliphatic heterocycles. The molecule has 2 aromatic heterocycles. The lowest BCUT2D eigenvalue weighted by Crippen LogP contribution is -2.15. The van der Waals surface area contributed by atoms with Gasteiger partial charge in [0.1, 0.15) is 0 Å². The van der Waals surface area contributed by atoms with E-state index in [1.54, 1.807) is 16.9 Å². The Balaban J connectivity index is 2.45. The molecule has 0 saturated carbocycles. The molecule has 6 heteroatoms. The van der Waals surface area contributed by atoms with Crippen LogP contribution in [0.5, 0.6) is 0 Å². The van der Waals surface area contributed by atoms with Crippen molar-refractivity contribution in [3.8, 4) is 0 Å². The molecule has 16 heavy (non-hydrogen) atoms. The quantitative estimate of drug-likeness (QED) is 0.775. The van der Waals surface area contributed by atoms with Crippen LogP contribution in [0.15, 0.2) is 12.4 Å². The minimum Gasteiger partial charge on any atom is -0.394 e. The third-order valence-electron chi connectivity index (χ3n) is 2.37. The molecule has 86 valence electrons. The number of fused-ring (bicyclic) bond motifs is 1. The lowest BCUT2D eigenvalue weighted by atomic mass is 10.2. The molecule has 6 nitrogen and oxygen atoms in total. The van der Waals surface area contributed by atoms with Gasteiger partial charge in [-0.05, 0) is 0 Å². The first kappa shape index (κ1) is 11.0. The SMILES string of the molecule is CC(C)c1nc2ncc(C(N)CO)cn2n1. The second kappa shape index (κ2) is 4.15. The molecule has 0 aliphatic carbocycles. The van der Waals surface area contributed by atoms with Crippen molar-refractivity contribution in [2.45, 2.75) is 25.8 Å². The summed E-state index contributed by atoms with van der Waals surface area (Å²) in [4.78, 5) is 8.43. The van der Waals surface area contributed by atoms with E-state index in [-0.39, 0.29) is 12.5 Å². The van der Waals surface area contributed by atoms with Crippen molar-refractivity contribution < 1.29 is 5.11 Å². The van der Waals surface area contributed by atoms with E-state index in [1.165, 1.54) is 0 Å². The van der Waals surface area contributed by atoms with Crippen LogP contribution in [0.4, 0.5) is 0 Å². The largest absolute Gasteiger partial charge is 0.394 e. The van der Waals surface area contributed by atoms with Gasteiger partial charge in [-0.25, -0.2) is 9.50 Å². The number of hydrogen-bond donors (Lipinski definition) is 2. The van der Waals surface area contributed by atoms with Gasteiger partial charge in [0, 0.05) is 23.9 Å². The topological polar surface area (TPSA) is 89.3 Å². The highest BCUT2D eigenvalue weighted by Gasteiger charge is 2.11. The average Bonchev–Trinajstić information content (AvgIpc) is 2.70. The van der Waals surface area contributed by atoms with Crippen molar-refractivity contribution in [1.82, 2.24) is 19.6 Å².